The third-order valence-corrected chi connectivity index (χ3v) is 7.55. The van der Waals surface area contributed by atoms with Crippen molar-refractivity contribution in [2.75, 3.05) is 45.2 Å². The summed E-state index contributed by atoms with van der Waals surface area (Å²) in [6, 6.07) is 10.3. The predicted molar refractivity (Wildman–Crippen MR) is 149 cm³/mol. The van der Waals surface area contributed by atoms with Gasteiger partial charge in [-0.1, -0.05) is 29.0 Å². The average Bonchev–Trinajstić information content (AvgIpc) is 3.55. The molecule has 1 aliphatic heterocycles. The summed E-state index contributed by atoms with van der Waals surface area (Å²) in [5.41, 5.74) is 3.39. The van der Waals surface area contributed by atoms with Gasteiger partial charge in [-0.15, -0.1) is 0 Å². The second-order valence-corrected chi connectivity index (χ2v) is 10.5. The third kappa shape index (κ3) is 5.97. The van der Waals surface area contributed by atoms with Gasteiger partial charge in [-0.05, 0) is 43.8 Å². The highest BCUT2D eigenvalue weighted by Gasteiger charge is 2.20. The van der Waals surface area contributed by atoms with Crippen LogP contribution in [0, 0.1) is 0 Å². The predicted octanol–water partition coefficient (Wildman–Crippen LogP) is 4.45. The Hall–Kier alpha value is -3.51. The lowest BCUT2D eigenvalue weighted by Crippen LogP contribution is -2.43. The number of likely N-dealkylation sites (N-methyl/N-ethyl adjacent to an activating group) is 1. The van der Waals surface area contributed by atoms with E-state index in [1.54, 1.807) is 24.4 Å². The molecular formula is C26H28ClN7O3S. The van der Waals surface area contributed by atoms with Gasteiger partial charge in [0.15, 0.2) is 5.13 Å². The maximum atomic E-state index is 12.9. The van der Waals surface area contributed by atoms with Gasteiger partial charge in [0.1, 0.15) is 5.75 Å². The Bertz CT molecular complexity index is 1450. The number of thiazole rings is 1. The number of nitrogens with one attached hydrogen (secondary N) is 3. The Kier molecular flexibility index (Phi) is 7.89. The number of amides is 3. The number of anilines is 1. The smallest absolute Gasteiger partial charge is 0.327 e. The molecule has 0 radical (unpaired) electrons. The van der Waals surface area contributed by atoms with Crippen LogP contribution in [0.25, 0.3) is 21.5 Å². The molecule has 3 amide bonds. The molecule has 1 fully saturated rings. The van der Waals surface area contributed by atoms with Crippen LogP contribution in [0.4, 0.5) is 9.93 Å². The average molecular weight is 554 g/mol. The van der Waals surface area contributed by atoms with Crippen LogP contribution < -0.4 is 15.4 Å². The van der Waals surface area contributed by atoms with E-state index in [1.807, 2.05) is 13.0 Å². The zero-order valence-electron chi connectivity index (χ0n) is 21.1. The highest BCUT2D eigenvalue weighted by Crippen LogP contribution is 2.34. The SMILES string of the molecule is CCOc1cc(Cl)c(C(=O)NC(=O)Nc2nc3ccc(CN4CCN(C)CC4)cc3s2)cc1-c1ccn[nH]1. The number of hydrogen-bond donors (Lipinski definition) is 3. The van der Waals surface area contributed by atoms with E-state index in [0.717, 1.165) is 42.9 Å². The number of halogens is 1. The summed E-state index contributed by atoms with van der Waals surface area (Å²) in [4.78, 5) is 34.8. The van der Waals surface area contributed by atoms with Gasteiger partial charge >= 0.3 is 6.03 Å². The zero-order valence-corrected chi connectivity index (χ0v) is 22.7. The monoisotopic (exact) mass is 553 g/mol. The van der Waals surface area contributed by atoms with Crippen LogP contribution >= 0.6 is 22.9 Å². The summed E-state index contributed by atoms with van der Waals surface area (Å²) in [5, 5.41) is 12.4. The third-order valence-electron chi connectivity index (χ3n) is 6.31. The lowest BCUT2D eigenvalue weighted by molar-refractivity contribution is 0.0967. The molecule has 198 valence electrons. The van der Waals surface area contributed by atoms with Gasteiger partial charge in [0.05, 0.1) is 33.1 Å². The van der Waals surface area contributed by atoms with Gasteiger partial charge in [-0.3, -0.25) is 25.4 Å². The topological polar surface area (TPSA) is 115 Å². The number of urea groups is 1. The van der Waals surface area contributed by atoms with Crippen molar-refractivity contribution in [3.63, 3.8) is 0 Å². The fourth-order valence-corrected chi connectivity index (χ4v) is 5.47. The molecule has 1 aliphatic rings. The summed E-state index contributed by atoms with van der Waals surface area (Å²) in [7, 11) is 2.14. The van der Waals surface area contributed by atoms with Crippen molar-refractivity contribution in [1.82, 2.24) is 30.3 Å². The van der Waals surface area contributed by atoms with Gasteiger partial charge in [0.2, 0.25) is 0 Å². The molecule has 2 aromatic heterocycles. The van der Waals surface area contributed by atoms with Gasteiger partial charge in [0, 0.05) is 50.6 Å². The summed E-state index contributed by atoms with van der Waals surface area (Å²) in [6.07, 6.45) is 1.60. The molecule has 5 rings (SSSR count). The molecule has 0 saturated carbocycles. The number of nitrogens with zero attached hydrogens (tertiary/aromatic N) is 4. The zero-order chi connectivity index (χ0) is 26.6. The second-order valence-electron chi connectivity index (χ2n) is 9.04. The largest absolute Gasteiger partial charge is 0.493 e. The molecule has 12 heteroatoms. The molecule has 0 unspecified atom stereocenters. The van der Waals surface area contributed by atoms with Gasteiger partial charge < -0.3 is 9.64 Å². The van der Waals surface area contributed by atoms with E-state index in [4.69, 9.17) is 16.3 Å². The van der Waals surface area contributed by atoms with Crippen molar-refractivity contribution in [2.24, 2.45) is 0 Å². The fourth-order valence-electron chi connectivity index (χ4n) is 4.30. The number of piperazine rings is 1. The minimum atomic E-state index is -0.695. The molecule has 0 spiro atoms. The van der Waals surface area contributed by atoms with E-state index in [9.17, 15) is 9.59 Å². The first-order valence-electron chi connectivity index (χ1n) is 12.3. The molecule has 3 N–H and O–H groups in total. The molecule has 10 nitrogen and oxygen atoms in total. The van der Waals surface area contributed by atoms with E-state index in [-0.39, 0.29) is 10.6 Å². The first kappa shape index (κ1) is 26.1. The van der Waals surface area contributed by atoms with Crippen molar-refractivity contribution < 1.29 is 14.3 Å². The molecule has 38 heavy (non-hydrogen) atoms. The van der Waals surface area contributed by atoms with Crippen molar-refractivity contribution in [2.45, 2.75) is 13.5 Å². The van der Waals surface area contributed by atoms with Gasteiger partial charge in [-0.25, -0.2) is 9.78 Å². The summed E-state index contributed by atoms with van der Waals surface area (Å²) >= 11 is 7.73. The Morgan fingerprint density at radius 2 is 1.97 bits per heavy atom. The minimum absolute atomic E-state index is 0.132. The number of fused-ring (bicyclic) bond motifs is 1. The first-order chi connectivity index (χ1) is 18.4. The Balaban J connectivity index is 1.26. The van der Waals surface area contributed by atoms with Crippen LogP contribution in [-0.4, -0.2) is 76.8 Å². The van der Waals surface area contributed by atoms with Crippen molar-refractivity contribution in [3.05, 3.63) is 58.7 Å². The van der Waals surface area contributed by atoms with Crippen molar-refractivity contribution in [1.29, 1.82) is 0 Å². The summed E-state index contributed by atoms with van der Waals surface area (Å²) in [6.45, 7) is 7.37. The molecule has 4 aromatic rings. The van der Waals surface area contributed by atoms with E-state index >= 15 is 0 Å². The first-order valence-corrected chi connectivity index (χ1v) is 13.5. The van der Waals surface area contributed by atoms with Crippen LogP contribution in [0.15, 0.2) is 42.6 Å². The lowest BCUT2D eigenvalue weighted by atomic mass is 10.1. The van der Waals surface area contributed by atoms with Crippen molar-refractivity contribution in [3.8, 4) is 17.0 Å². The maximum Gasteiger partial charge on any atom is 0.327 e. The molecular weight excluding hydrogens is 526 g/mol. The van der Waals surface area contributed by atoms with Crippen LogP contribution in [0.1, 0.15) is 22.8 Å². The number of hydrogen-bond acceptors (Lipinski definition) is 8. The van der Waals surface area contributed by atoms with Gasteiger partial charge in [0.25, 0.3) is 5.91 Å². The molecule has 0 atom stereocenters. The van der Waals surface area contributed by atoms with Crippen molar-refractivity contribution >= 4 is 50.2 Å². The lowest BCUT2D eigenvalue weighted by Gasteiger charge is -2.32. The quantitative estimate of drug-likeness (QED) is 0.310. The standard InChI is InChI=1S/C26H28ClN7O3S/c1-3-37-22-14-19(27)17(13-18(22)20-6-7-28-32-20)24(35)30-25(36)31-26-29-21-5-4-16(12-23(21)38-26)15-34-10-8-33(2)9-11-34/h4-7,12-14H,3,8-11,15H2,1-2H3,(H,28,32)(H2,29,30,31,35,36). The Morgan fingerprint density at radius 3 is 2.71 bits per heavy atom. The van der Waals surface area contributed by atoms with E-state index in [0.29, 0.717) is 28.7 Å². The number of benzene rings is 2. The highest BCUT2D eigenvalue weighted by molar-refractivity contribution is 7.22. The summed E-state index contributed by atoms with van der Waals surface area (Å²) < 4.78 is 6.64. The van der Waals surface area contributed by atoms with Crippen LogP contribution in [0.3, 0.4) is 0 Å². The number of imide groups is 1. The number of ether oxygens (including phenoxy) is 1. The highest BCUT2D eigenvalue weighted by atomic mass is 35.5. The second kappa shape index (κ2) is 11.5. The van der Waals surface area contributed by atoms with E-state index in [1.165, 1.54) is 16.9 Å². The van der Waals surface area contributed by atoms with Crippen LogP contribution in [0.5, 0.6) is 5.75 Å². The molecule has 3 heterocycles. The Morgan fingerprint density at radius 1 is 1.16 bits per heavy atom. The fraction of sp³-hybridized carbons (Fsp3) is 0.308. The minimum Gasteiger partial charge on any atom is -0.493 e. The molecule has 1 saturated heterocycles. The molecule has 0 bridgehead atoms. The van der Waals surface area contributed by atoms with Gasteiger partial charge in [-0.2, -0.15) is 5.10 Å². The number of carbonyl (C=O) groups is 2. The Labute approximate surface area is 228 Å². The summed E-state index contributed by atoms with van der Waals surface area (Å²) in [5.74, 6) is -0.142. The van der Waals surface area contributed by atoms with E-state index in [2.05, 4.69) is 54.8 Å². The number of rotatable bonds is 7. The number of H-pyrrole nitrogens is 1. The number of aromatic amines is 1. The molecule has 2 aromatic carbocycles. The number of carbonyl (C=O) groups excluding carboxylic acids is 2. The maximum absolute atomic E-state index is 12.9. The van der Waals surface area contributed by atoms with Crippen LogP contribution in [0.2, 0.25) is 5.02 Å². The van der Waals surface area contributed by atoms with E-state index < -0.39 is 11.9 Å². The molecule has 0 aliphatic carbocycles. The number of aromatic nitrogens is 3. The van der Waals surface area contributed by atoms with Crippen LogP contribution in [-0.2, 0) is 6.54 Å². The normalized spacial score (nSPS) is 14.5.